The summed E-state index contributed by atoms with van der Waals surface area (Å²) in [6.45, 7) is 9.06. The van der Waals surface area contributed by atoms with Crippen molar-refractivity contribution in [2.24, 2.45) is 0 Å². The van der Waals surface area contributed by atoms with Gasteiger partial charge >= 0.3 is 7.05 Å². The molecule has 2 aliphatic rings. The van der Waals surface area contributed by atoms with Gasteiger partial charge in [0.15, 0.2) is 0 Å². The number of nitrogens with zero attached hydrogens (tertiary/aromatic N) is 4. The Morgan fingerprint density at radius 1 is 0.755 bits per heavy atom. The number of hydrogen-bond acceptors (Lipinski definition) is 4. The average Bonchev–Trinajstić information content (AvgIpc) is 3.67. The third-order valence-electron chi connectivity index (χ3n) is 9.64. The minimum Gasteiger partial charge on any atom is -0.599 e. The topological polar surface area (TPSA) is 43.4 Å². The van der Waals surface area contributed by atoms with Crippen LogP contribution < -0.4 is 34.6 Å². The van der Waals surface area contributed by atoms with Crippen LogP contribution in [0.3, 0.4) is 0 Å². The summed E-state index contributed by atoms with van der Waals surface area (Å²) in [5.41, 5.74) is 8.58. The van der Waals surface area contributed by atoms with E-state index in [-0.39, 0.29) is 28.1 Å². The van der Waals surface area contributed by atoms with Gasteiger partial charge in [0.2, 0.25) is 0 Å². The molecule has 0 amide bonds. The van der Waals surface area contributed by atoms with Gasteiger partial charge in [0.1, 0.15) is 5.82 Å². The van der Waals surface area contributed by atoms with E-state index in [0.29, 0.717) is 11.5 Å². The molecule has 0 unspecified atom stereocenters. The van der Waals surface area contributed by atoms with Crippen molar-refractivity contribution >= 4 is 53.5 Å². The summed E-state index contributed by atoms with van der Waals surface area (Å²) < 4.78 is 17.5. The van der Waals surface area contributed by atoms with E-state index in [1.165, 1.54) is 15.9 Å². The van der Waals surface area contributed by atoms with E-state index >= 15 is 0 Å². The van der Waals surface area contributed by atoms with E-state index < -0.39 is 8.07 Å². The second-order valence-electron chi connectivity index (χ2n) is 13.0. The summed E-state index contributed by atoms with van der Waals surface area (Å²) in [5.74, 6) is 2.70. The number of pyridine rings is 1. The Balaban J connectivity index is 0.00000348. The molecule has 0 saturated carbocycles. The number of hydrogen-bond donors (Lipinski definition) is 0. The molecule has 7 aromatic rings. The van der Waals surface area contributed by atoms with Crippen molar-refractivity contribution in [3.05, 3.63) is 145 Å². The maximum absolute atomic E-state index is 6.61. The minimum atomic E-state index is -2.05. The molecule has 2 aliphatic heterocycles. The second-order valence-corrected chi connectivity index (χ2v) is 17.3. The fourth-order valence-electron chi connectivity index (χ4n) is 7.27. The zero-order chi connectivity index (χ0) is 32.6. The molecular weight excluding hydrogens is 802 g/mol. The third-order valence-corrected chi connectivity index (χ3v) is 13.1. The zero-order valence-corrected chi connectivity index (χ0v) is 30.7. The van der Waals surface area contributed by atoms with Gasteiger partial charge in [0.05, 0.1) is 16.7 Å². The Hall–Kier alpha value is -4.91. The normalized spacial score (nSPS) is 13.8. The van der Waals surface area contributed by atoms with Crippen molar-refractivity contribution in [1.82, 2.24) is 9.55 Å². The maximum atomic E-state index is 6.61. The summed E-state index contributed by atoms with van der Waals surface area (Å²) >= 11 is 0. The van der Waals surface area contributed by atoms with E-state index in [0.717, 1.165) is 50.7 Å². The van der Waals surface area contributed by atoms with E-state index in [9.17, 15) is 0 Å². The first-order valence-corrected chi connectivity index (χ1v) is 19.2. The van der Waals surface area contributed by atoms with Crippen molar-refractivity contribution in [3.8, 4) is 28.6 Å². The van der Waals surface area contributed by atoms with E-state index in [2.05, 4.69) is 126 Å². The first-order chi connectivity index (χ1) is 23.4. The van der Waals surface area contributed by atoms with Crippen molar-refractivity contribution in [2.75, 3.05) is 4.81 Å². The third kappa shape index (κ3) is 4.96. The first kappa shape index (κ1) is 31.4. The molecule has 5 aromatic carbocycles. The molecule has 49 heavy (non-hydrogen) atoms. The van der Waals surface area contributed by atoms with Crippen LogP contribution in [0.4, 0.5) is 11.5 Å². The van der Waals surface area contributed by atoms with Gasteiger partial charge in [0.25, 0.3) is 6.33 Å². The molecule has 242 valence electrons. The van der Waals surface area contributed by atoms with Crippen molar-refractivity contribution in [3.63, 3.8) is 0 Å². The van der Waals surface area contributed by atoms with Gasteiger partial charge in [-0.05, 0) is 55.0 Å². The molecule has 0 atom stereocenters. The van der Waals surface area contributed by atoms with Crippen LogP contribution in [-0.2, 0) is 21.1 Å². The monoisotopic (exact) mass is 833 g/mol. The van der Waals surface area contributed by atoms with E-state index in [1.807, 2.05) is 42.5 Å². The van der Waals surface area contributed by atoms with Gasteiger partial charge < -0.3 is 18.8 Å². The van der Waals surface area contributed by atoms with Crippen LogP contribution in [0.5, 0.6) is 17.2 Å². The smallest absolute Gasteiger partial charge is 0.511 e. The van der Waals surface area contributed by atoms with Crippen LogP contribution in [-0.4, -0.2) is 24.7 Å². The standard InChI is InChI=1S/C40H31BN4O2Si.Pt/c1-27-12-10-13-28(2)39(27)41-45(38-18-8-9-23-42-38)33-24-30(19-21-35(33)47-41)46-31-20-22-36-34(25-31)44-26-43(29-14-6-5-7-15-29)32-16-11-17-37(40(32)44)48(36,3)4;/h5-23H,1-4H3;/q-2;. The number of para-hydroxylation sites is 2. The largest absolute Gasteiger partial charge is 0.599 e. The Kier molecular flexibility index (Phi) is 7.62. The SMILES string of the molecule is Cc1cccc(C)c1B1Oc2ccc(Oc3[c-]c4c(cc3)[Si](C)(C)c3cccc5c3n-4[c-][n+]5-c3ccccc3)[c-]c2N1c1ccccn1.[Pt]. The number of ether oxygens (including phenoxy) is 1. The van der Waals surface area contributed by atoms with E-state index in [4.69, 9.17) is 14.4 Å². The maximum Gasteiger partial charge on any atom is 0.511 e. The summed E-state index contributed by atoms with van der Waals surface area (Å²) in [7, 11) is -2.43. The molecule has 9 rings (SSSR count). The zero-order valence-electron chi connectivity index (χ0n) is 27.5. The van der Waals surface area contributed by atoms with Gasteiger partial charge in [0, 0.05) is 52.6 Å². The van der Waals surface area contributed by atoms with Gasteiger partial charge in [-0.3, -0.25) is 4.57 Å². The first-order valence-electron chi connectivity index (χ1n) is 16.2. The minimum absolute atomic E-state index is 0. The molecule has 0 bridgehead atoms. The van der Waals surface area contributed by atoms with Gasteiger partial charge in [-0.15, -0.1) is 35.5 Å². The molecule has 0 spiro atoms. The summed E-state index contributed by atoms with van der Waals surface area (Å²) in [4.78, 5) is 6.81. The number of aryl methyl sites for hydroxylation is 2. The molecule has 0 radical (unpaired) electrons. The second kappa shape index (κ2) is 11.9. The predicted octanol–water partition coefficient (Wildman–Crippen LogP) is 6.17. The van der Waals surface area contributed by atoms with Gasteiger partial charge in [-0.1, -0.05) is 90.1 Å². The van der Waals surface area contributed by atoms with Crippen molar-refractivity contribution in [2.45, 2.75) is 26.9 Å². The fraction of sp³-hybridized carbons (Fsp3) is 0.100. The van der Waals surface area contributed by atoms with Gasteiger partial charge in [-0.2, -0.15) is 6.07 Å². The number of aromatic nitrogens is 3. The number of fused-ring (bicyclic) bond motifs is 3. The van der Waals surface area contributed by atoms with Gasteiger partial charge in [-0.25, -0.2) is 4.98 Å². The number of benzene rings is 5. The summed E-state index contributed by atoms with van der Waals surface area (Å²) in [5, 5.41) is 2.69. The van der Waals surface area contributed by atoms with Crippen LogP contribution in [0, 0.1) is 32.3 Å². The van der Waals surface area contributed by atoms with Crippen LogP contribution in [0.25, 0.3) is 22.4 Å². The molecule has 0 fully saturated rings. The Bertz CT molecular complexity index is 2360. The Labute approximate surface area is 302 Å². The molecule has 0 aliphatic carbocycles. The number of rotatable bonds is 5. The fourth-order valence-corrected chi connectivity index (χ4v) is 10.2. The van der Waals surface area contributed by atoms with Crippen LogP contribution in [0.15, 0.2) is 115 Å². The predicted molar refractivity (Wildman–Crippen MR) is 193 cm³/mol. The van der Waals surface area contributed by atoms with Crippen molar-refractivity contribution in [1.29, 1.82) is 0 Å². The number of anilines is 2. The summed E-state index contributed by atoms with van der Waals surface area (Å²) in [6.07, 6.45) is 5.45. The van der Waals surface area contributed by atoms with Crippen molar-refractivity contribution < 1.29 is 35.0 Å². The molecule has 2 aromatic heterocycles. The summed E-state index contributed by atoms with van der Waals surface area (Å²) in [6, 6.07) is 44.5. The molecule has 0 saturated heterocycles. The molecular formula is C40H31BN4O2PtSi-2. The average molecular weight is 834 g/mol. The van der Waals surface area contributed by atoms with Crippen LogP contribution in [0.2, 0.25) is 13.1 Å². The molecule has 0 N–H and O–H groups in total. The molecule has 6 nitrogen and oxygen atoms in total. The Morgan fingerprint density at radius 3 is 2.22 bits per heavy atom. The molecule has 9 heteroatoms. The quantitative estimate of drug-likeness (QED) is 0.118. The van der Waals surface area contributed by atoms with Crippen LogP contribution >= 0.6 is 0 Å². The Morgan fingerprint density at radius 2 is 1.47 bits per heavy atom. The van der Waals surface area contributed by atoms with E-state index in [1.54, 1.807) is 6.20 Å². The number of imidazole rings is 1. The van der Waals surface area contributed by atoms with Crippen LogP contribution in [0.1, 0.15) is 11.1 Å². The molecule has 4 heterocycles.